The second-order valence-electron chi connectivity index (χ2n) is 2.99. The van der Waals surface area contributed by atoms with E-state index in [1.54, 1.807) is 0 Å². The van der Waals surface area contributed by atoms with Crippen molar-refractivity contribution < 1.29 is 0 Å². The van der Waals surface area contributed by atoms with E-state index in [1.807, 2.05) is 46.2 Å². The highest BCUT2D eigenvalue weighted by Gasteiger charge is 1.96. The molecule has 1 heterocycles. The predicted molar refractivity (Wildman–Crippen MR) is 68.8 cm³/mol. The Balaban J connectivity index is 0.000000921. The van der Waals surface area contributed by atoms with Crippen LogP contribution in [0.5, 0.6) is 0 Å². The van der Waals surface area contributed by atoms with Gasteiger partial charge in [-0.3, -0.25) is 4.98 Å². The molecule has 15 heavy (non-hydrogen) atoms. The Kier molecular flexibility index (Phi) is 7.25. The van der Waals surface area contributed by atoms with Crippen LogP contribution >= 0.6 is 0 Å². The topological polar surface area (TPSA) is 12.9 Å². The summed E-state index contributed by atoms with van der Waals surface area (Å²) < 4.78 is 0. The number of rotatable bonds is 2. The number of hydrogen-bond donors (Lipinski definition) is 0. The van der Waals surface area contributed by atoms with Gasteiger partial charge in [-0.2, -0.15) is 0 Å². The molecule has 0 saturated heterocycles. The number of pyridine rings is 1. The Bertz CT molecular complexity index is 335. The minimum Gasteiger partial charge on any atom is -0.264 e. The molecule has 0 atom stereocenters. The van der Waals surface area contributed by atoms with E-state index in [1.165, 1.54) is 16.7 Å². The molecule has 0 N–H and O–H groups in total. The maximum atomic E-state index is 4.16. The van der Waals surface area contributed by atoms with Crippen LogP contribution in [0.3, 0.4) is 0 Å². The molecule has 0 saturated carbocycles. The molecule has 0 aliphatic rings. The molecule has 1 aromatic rings. The smallest absolute Gasteiger partial charge is 0.0346 e. The SMILES string of the molecule is C/C=C\C(=C/C)c1cncc(C)c1.CC. The summed E-state index contributed by atoms with van der Waals surface area (Å²) in [4.78, 5) is 4.16. The van der Waals surface area contributed by atoms with Gasteiger partial charge in [0, 0.05) is 12.4 Å². The highest BCUT2D eigenvalue weighted by molar-refractivity contribution is 5.73. The third-order valence-electron chi connectivity index (χ3n) is 1.87. The highest BCUT2D eigenvalue weighted by atomic mass is 14.6. The van der Waals surface area contributed by atoms with E-state index in [9.17, 15) is 0 Å². The van der Waals surface area contributed by atoms with Crippen LogP contribution in [-0.2, 0) is 0 Å². The molecule has 0 radical (unpaired) electrons. The lowest BCUT2D eigenvalue weighted by molar-refractivity contribution is 1.25. The lowest BCUT2D eigenvalue weighted by atomic mass is 10.1. The molecular formula is C14H21N. The monoisotopic (exact) mass is 203 g/mol. The van der Waals surface area contributed by atoms with Crippen molar-refractivity contribution in [3.8, 4) is 0 Å². The number of aryl methyl sites for hydroxylation is 1. The average molecular weight is 203 g/mol. The zero-order valence-electron chi connectivity index (χ0n) is 10.4. The van der Waals surface area contributed by atoms with E-state index in [0.29, 0.717) is 0 Å². The lowest BCUT2D eigenvalue weighted by Crippen LogP contribution is -1.84. The van der Waals surface area contributed by atoms with Crippen LogP contribution < -0.4 is 0 Å². The van der Waals surface area contributed by atoms with Crippen LogP contribution in [-0.4, -0.2) is 4.98 Å². The molecule has 0 spiro atoms. The second kappa shape index (κ2) is 7.98. The first-order valence-electron chi connectivity index (χ1n) is 5.49. The zero-order chi connectivity index (χ0) is 11.7. The van der Waals surface area contributed by atoms with Gasteiger partial charge in [-0.25, -0.2) is 0 Å². The van der Waals surface area contributed by atoms with Gasteiger partial charge in [-0.05, 0) is 43.5 Å². The van der Waals surface area contributed by atoms with Gasteiger partial charge in [0.2, 0.25) is 0 Å². The van der Waals surface area contributed by atoms with E-state index in [-0.39, 0.29) is 0 Å². The number of hydrogen-bond acceptors (Lipinski definition) is 1. The quantitative estimate of drug-likeness (QED) is 0.649. The minimum absolute atomic E-state index is 1.18. The predicted octanol–water partition coefficient (Wildman–Crippen LogP) is 4.40. The van der Waals surface area contributed by atoms with Crippen molar-refractivity contribution in [3.05, 3.63) is 47.8 Å². The van der Waals surface area contributed by atoms with E-state index in [4.69, 9.17) is 0 Å². The molecule has 0 aliphatic heterocycles. The molecule has 82 valence electrons. The summed E-state index contributed by atoms with van der Waals surface area (Å²) in [5.74, 6) is 0. The summed E-state index contributed by atoms with van der Waals surface area (Å²) in [7, 11) is 0. The summed E-state index contributed by atoms with van der Waals surface area (Å²) in [6.07, 6.45) is 9.99. The van der Waals surface area contributed by atoms with Gasteiger partial charge in [0.1, 0.15) is 0 Å². The van der Waals surface area contributed by atoms with Crippen LogP contribution in [0.15, 0.2) is 36.7 Å². The van der Waals surface area contributed by atoms with Crippen LogP contribution in [0.25, 0.3) is 5.57 Å². The fourth-order valence-electron chi connectivity index (χ4n) is 1.25. The summed E-state index contributed by atoms with van der Waals surface area (Å²) >= 11 is 0. The van der Waals surface area contributed by atoms with Crippen molar-refractivity contribution in [1.29, 1.82) is 0 Å². The van der Waals surface area contributed by atoms with Crippen LogP contribution in [0.2, 0.25) is 0 Å². The molecule has 0 fully saturated rings. The Morgan fingerprint density at radius 3 is 2.33 bits per heavy atom. The van der Waals surface area contributed by atoms with E-state index >= 15 is 0 Å². The van der Waals surface area contributed by atoms with E-state index < -0.39 is 0 Å². The second-order valence-corrected chi connectivity index (χ2v) is 2.99. The molecule has 0 bridgehead atoms. The van der Waals surface area contributed by atoms with Gasteiger partial charge in [0.15, 0.2) is 0 Å². The fraction of sp³-hybridized carbons (Fsp3) is 0.357. The molecule has 1 heteroatoms. The molecule has 1 aromatic heterocycles. The van der Waals surface area contributed by atoms with Crippen LogP contribution in [0.1, 0.15) is 38.8 Å². The first-order valence-corrected chi connectivity index (χ1v) is 5.49. The summed E-state index contributed by atoms with van der Waals surface area (Å²) in [6.45, 7) is 10.1. The Morgan fingerprint density at radius 1 is 1.20 bits per heavy atom. The first kappa shape index (κ1) is 13.6. The molecule has 0 aliphatic carbocycles. The maximum Gasteiger partial charge on any atom is 0.0346 e. The fourth-order valence-corrected chi connectivity index (χ4v) is 1.25. The highest BCUT2D eigenvalue weighted by Crippen LogP contribution is 2.15. The van der Waals surface area contributed by atoms with Gasteiger partial charge in [-0.15, -0.1) is 0 Å². The van der Waals surface area contributed by atoms with Crippen molar-refractivity contribution in [3.63, 3.8) is 0 Å². The maximum absolute atomic E-state index is 4.16. The van der Waals surface area contributed by atoms with Crippen molar-refractivity contribution in [1.82, 2.24) is 4.98 Å². The van der Waals surface area contributed by atoms with Gasteiger partial charge in [-0.1, -0.05) is 32.1 Å². The first-order chi connectivity index (χ1) is 7.27. The summed E-state index contributed by atoms with van der Waals surface area (Å²) in [5, 5.41) is 0. The summed E-state index contributed by atoms with van der Waals surface area (Å²) in [5.41, 5.74) is 3.60. The molecule has 1 nitrogen and oxygen atoms in total. The standard InChI is InChI=1S/C12H15N.C2H6/c1-4-6-11(5-2)12-7-10(3)8-13-9-12;1-2/h4-9H,1-3H3;1-2H3/b6-4-,11-5+;. The van der Waals surface area contributed by atoms with E-state index in [2.05, 4.69) is 30.1 Å². The zero-order valence-corrected chi connectivity index (χ0v) is 10.4. The molecule has 0 amide bonds. The van der Waals surface area contributed by atoms with Gasteiger partial charge < -0.3 is 0 Å². The number of allylic oxidation sites excluding steroid dienone is 4. The van der Waals surface area contributed by atoms with Crippen molar-refractivity contribution >= 4 is 5.57 Å². The van der Waals surface area contributed by atoms with E-state index in [0.717, 1.165) is 0 Å². The number of nitrogens with zero attached hydrogens (tertiary/aromatic N) is 1. The van der Waals surface area contributed by atoms with Gasteiger partial charge >= 0.3 is 0 Å². The van der Waals surface area contributed by atoms with Crippen LogP contribution in [0.4, 0.5) is 0 Å². The van der Waals surface area contributed by atoms with Crippen LogP contribution in [0, 0.1) is 6.92 Å². The number of aromatic nitrogens is 1. The average Bonchev–Trinajstić information content (AvgIpc) is 2.28. The normalized spacial score (nSPS) is 11.1. The third kappa shape index (κ3) is 4.59. The minimum atomic E-state index is 1.18. The largest absolute Gasteiger partial charge is 0.264 e. The van der Waals surface area contributed by atoms with Gasteiger partial charge in [0.05, 0.1) is 0 Å². The molecular weight excluding hydrogens is 182 g/mol. The Hall–Kier alpha value is -1.37. The Morgan fingerprint density at radius 2 is 1.87 bits per heavy atom. The Labute approximate surface area is 93.6 Å². The molecule has 0 unspecified atom stereocenters. The molecule has 0 aromatic carbocycles. The third-order valence-corrected chi connectivity index (χ3v) is 1.87. The van der Waals surface area contributed by atoms with Crippen molar-refractivity contribution in [2.24, 2.45) is 0 Å². The van der Waals surface area contributed by atoms with Crippen molar-refractivity contribution in [2.75, 3.05) is 0 Å². The van der Waals surface area contributed by atoms with Crippen molar-refractivity contribution in [2.45, 2.75) is 34.6 Å². The summed E-state index contributed by atoms with van der Waals surface area (Å²) in [6, 6.07) is 2.14. The molecule has 1 rings (SSSR count). The lowest BCUT2D eigenvalue weighted by Gasteiger charge is -2.01. The van der Waals surface area contributed by atoms with Gasteiger partial charge in [0.25, 0.3) is 0 Å².